The van der Waals surface area contributed by atoms with E-state index in [-0.39, 0.29) is 23.5 Å². The number of carbonyl (C=O) groups is 1. The first-order valence-corrected chi connectivity index (χ1v) is 11.0. The van der Waals surface area contributed by atoms with Gasteiger partial charge in [0.1, 0.15) is 12.4 Å². The minimum Gasteiger partial charge on any atom is -0.488 e. The third kappa shape index (κ3) is 2.95. The van der Waals surface area contributed by atoms with Crippen LogP contribution in [0.2, 0.25) is 0 Å². The normalized spacial score (nSPS) is 20.4. The molecule has 1 atom stereocenters. The van der Waals surface area contributed by atoms with Gasteiger partial charge in [-0.2, -0.15) is 0 Å². The van der Waals surface area contributed by atoms with Crippen molar-refractivity contribution < 1.29 is 17.9 Å². The summed E-state index contributed by atoms with van der Waals surface area (Å²) in [4.78, 5) is 16.4. The van der Waals surface area contributed by atoms with E-state index < -0.39 is 9.84 Å². The number of rotatable bonds is 3. The van der Waals surface area contributed by atoms with Crippen LogP contribution in [0.1, 0.15) is 28.6 Å². The topological polar surface area (TPSA) is 63.7 Å². The molecule has 1 aromatic carbocycles. The minimum atomic E-state index is -3.02. The number of ether oxygens (including phenoxy) is 1. The van der Waals surface area contributed by atoms with Gasteiger partial charge in [0, 0.05) is 28.6 Å². The first-order valence-electron chi connectivity index (χ1n) is 8.35. The van der Waals surface area contributed by atoms with E-state index >= 15 is 0 Å². The second kappa shape index (κ2) is 6.14. The predicted molar refractivity (Wildman–Crippen MR) is 97.9 cm³/mol. The molecule has 7 heteroatoms. The van der Waals surface area contributed by atoms with Crippen LogP contribution in [0, 0.1) is 0 Å². The molecule has 1 amide bonds. The van der Waals surface area contributed by atoms with Crippen LogP contribution in [0.4, 0.5) is 0 Å². The third-order valence-electron chi connectivity index (χ3n) is 4.79. The first kappa shape index (κ1) is 16.6. The van der Waals surface area contributed by atoms with Crippen molar-refractivity contribution in [3.05, 3.63) is 40.8 Å². The number of para-hydroxylation sites is 1. The van der Waals surface area contributed by atoms with Crippen LogP contribution < -0.4 is 4.74 Å². The lowest BCUT2D eigenvalue weighted by Gasteiger charge is -2.26. The predicted octanol–water partition coefficient (Wildman–Crippen LogP) is 2.96. The summed E-state index contributed by atoms with van der Waals surface area (Å²) in [6, 6.07) is 9.50. The van der Waals surface area contributed by atoms with E-state index in [1.165, 1.54) is 11.3 Å². The average Bonchev–Trinajstić information content (AvgIpc) is 3.19. The van der Waals surface area contributed by atoms with Gasteiger partial charge in [0.25, 0.3) is 5.91 Å². The summed E-state index contributed by atoms with van der Waals surface area (Å²) in [5, 5.41) is 0. The zero-order valence-electron chi connectivity index (χ0n) is 13.9. The molecule has 2 aliphatic heterocycles. The Morgan fingerprint density at radius 2 is 2.16 bits per heavy atom. The zero-order chi connectivity index (χ0) is 17.6. The van der Waals surface area contributed by atoms with E-state index in [1.807, 2.05) is 37.3 Å². The Morgan fingerprint density at radius 1 is 1.36 bits per heavy atom. The number of sulfone groups is 1. The van der Waals surface area contributed by atoms with E-state index in [2.05, 4.69) is 0 Å². The maximum absolute atomic E-state index is 13.0. The molecule has 0 unspecified atom stereocenters. The number of benzene rings is 1. The molecule has 132 valence electrons. The highest BCUT2D eigenvalue weighted by atomic mass is 32.2. The van der Waals surface area contributed by atoms with Gasteiger partial charge >= 0.3 is 0 Å². The molecule has 0 N–H and O–H groups in total. The van der Waals surface area contributed by atoms with Crippen LogP contribution in [-0.4, -0.2) is 43.3 Å². The monoisotopic (exact) mass is 377 g/mol. The number of nitrogens with zero attached hydrogens (tertiary/aromatic N) is 1. The number of thiophene rings is 1. The van der Waals surface area contributed by atoms with Gasteiger partial charge in [-0.3, -0.25) is 4.79 Å². The van der Waals surface area contributed by atoms with Crippen molar-refractivity contribution in [2.75, 3.05) is 18.1 Å². The van der Waals surface area contributed by atoms with Crippen molar-refractivity contribution in [3.63, 3.8) is 0 Å². The zero-order valence-corrected chi connectivity index (χ0v) is 15.5. The van der Waals surface area contributed by atoms with Gasteiger partial charge in [-0.15, -0.1) is 11.3 Å². The van der Waals surface area contributed by atoms with E-state index in [9.17, 15) is 13.2 Å². The molecule has 0 radical (unpaired) electrons. The number of fused-ring (bicyclic) bond motifs is 3. The SMILES string of the molecule is CCN(C(=O)c1cc2c(s1)-c1ccccc1OC2)[C@H]1CCS(=O)(=O)C1. The lowest BCUT2D eigenvalue weighted by molar-refractivity contribution is 0.0713. The molecule has 0 spiro atoms. The summed E-state index contributed by atoms with van der Waals surface area (Å²) in [7, 11) is -3.02. The largest absolute Gasteiger partial charge is 0.488 e. The van der Waals surface area contributed by atoms with E-state index in [0.717, 1.165) is 21.8 Å². The lowest BCUT2D eigenvalue weighted by Crippen LogP contribution is -2.40. The molecule has 1 aromatic heterocycles. The van der Waals surface area contributed by atoms with Gasteiger partial charge in [0.2, 0.25) is 0 Å². The van der Waals surface area contributed by atoms with Crippen molar-refractivity contribution in [1.82, 2.24) is 4.90 Å². The van der Waals surface area contributed by atoms with Gasteiger partial charge in [0.05, 0.1) is 16.4 Å². The second-order valence-electron chi connectivity index (χ2n) is 6.40. The van der Waals surface area contributed by atoms with Crippen molar-refractivity contribution >= 4 is 27.1 Å². The van der Waals surface area contributed by atoms with Crippen molar-refractivity contribution in [2.45, 2.75) is 26.0 Å². The summed E-state index contributed by atoms with van der Waals surface area (Å²) in [5.41, 5.74) is 2.03. The van der Waals surface area contributed by atoms with Crippen LogP contribution in [0.3, 0.4) is 0 Å². The van der Waals surface area contributed by atoms with E-state index in [1.54, 1.807) is 4.90 Å². The van der Waals surface area contributed by atoms with Gasteiger partial charge < -0.3 is 9.64 Å². The molecule has 1 saturated heterocycles. The fourth-order valence-electron chi connectivity index (χ4n) is 3.54. The van der Waals surface area contributed by atoms with Crippen molar-refractivity contribution in [2.24, 2.45) is 0 Å². The molecule has 5 nitrogen and oxygen atoms in total. The molecule has 3 heterocycles. The van der Waals surface area contributed by atoms with Gasteiger partial charge in [0.15, 0.2) is 9.84 Å². The van der Waals surface area contributed by atoms with Gasteiger partial charge in [-0.25, -0.2) is 8.42 Å². The number of hydrogen-bond acceptors (Lipinski definition) is 5. The summed E-state index contributed by atoms with van der Waals surface area (Å²) >= 11 is 1.47. The first-order chi connectivity index (χ1) is 12.0. The minimum absolute atomic E-state index is 0.0730. The van der Waals surface area contributed by atoms with Crippen LogP contribution in [0.15, 0.2) is 30.3 Å². The molecule has 1 fully saturated rings. The Bertz CT molecular complexity index is 932. The highest BCUT2D eigenvalue weighted by Gasteiger charge is 2.35. The van der Waals surface area contributed by atoms with Crippen LogP contribution >= 0.6 is 11.3 Å². The molecule has 0 aliphatic carbocycles. The fraction of sp³-hybridized carbons (Fsp3) is 0.389. The quantitative estimate of drug-likeness (QED) is 0.825. The number of carbonyl (C=O) groups excluding carboxylic acids is 1. The van der Waals surface area contributed by atoms with Gasteiger partial charge in [-0.05, 0) is 31.5 Å². The summed E-state index contributed by atoms with van der Waals surface area (Å²) < 4.78 is 29.3. The summed E-state index contributed by atoms with van der Waals surface area (Å²) in [5.74, 6) is 0.999. The molecule has 2 aromatic rings. The molecular formula is C18H19NO4S2. The Labute approximate surface area is 151 Å². The maximum Gasteiger partial charge on any atom is 0.264 e. The Kier molecular flexibility index (Phi) is 4.08. The van der Waals surface area contributed by atoms with Crippen LogP contribution in [-0.2, 0) is 16.4 Å². The van der Waals surface area contributed by atoms with Crippen molar-refractivity contribution in [3.8, 4) is 16.2 Å². The highest BCUT2D eigenvalue weighted by Crippen LogP contribution is 2.42. The molecule has 25 heavy (non-hydrogen) atoms. The summed E-state index contributed by atoms with van der Waals surface area (Å²) in [6.45, 7) is 2.86. The average molecular weight is 377 g/mol. The fourth-order valence-corrected chi connectivity index (χ4v) is 6.42. The smallest absolute Gasteiger partial charge is 0.264 e. The number of hydrogen-bond donors (Lipinski definition) is 0. The van der Waals surface area contributed by atoms with Crippen LogP contribution in [0.25, 0.3) is 10.4 Å². The molecule has 4 rings (SSSR count). The number of amides is 1. The summed E-state index contributed by atoms with van der Waals surface area (Å²) in [6.07, 6.45) is 0.527. The van der Waals surface area contributed by atoms with Crippen LogP contribution in [0.5, 0.6) is 5.75 Å². The third-order valence-corrected chi connectivity index (χ3v) is 7.73. The molecule has 2 aliphatic rings. The second-order valence-corrected chi connectivity index (χ2v) is 9.68. The molecule has 0 bridgehead atoms. The highest BCUT2D eigenvalue weighted by molar-refractivity contribution is 7.91. The van der Waals surface area contributed by atoms with E-state index in [0.29, 0.717) is 24.4 Å². The van der Waals surface area contributed by atoms with Crippen molar-refractivity contribution in [1.29, 1.82) is 0 Å². The molecular weight excluding hydrogens is 358 g/mol. The molecule has 0 saturated carbocycles. The Morgan fingerprint density at radius 3 is 2.88 bits per heavy atom. The standard InChI is InChI=1S/C18H19NO4S2/c1-2-19(13-7-8-25(21,22)11-13)18(20)16-9-12-10-23-15-6-4-3-5-14(15)17(12)24-16/h3-6,9,13H,2,7-8,10-11H2,1H3/t13-/m0/s1. The lowest BCUT2D eigenvalue weighted by atomic mass is 10.1. The Balaban J connectivity index is 1.65. The van der Waals surface area contributed by atoms with Gasteiger partial charge in [-0.1, -0.05) is 12.1 Å². The Hall–Kier alpha value is -1.86. The van der Waals surface area contributed by atoms with E-state index in [4.69, 9.17) is 4.74 Å². The maximum atomic E-state index is 13.0.